The molecule has 1 heterocycles. The van der Waals surface area contributed by atoms with Crippen molar-refractivity contribution in [3.63, 3.8) is 0 Å². The summed E-state index contributed by atoms with van der Waals surface area (Å²) >= 11 is 0. The molecule has 0 bridgehead atoms. The molecule has 0 amide bonds. The summed E-state index contributed by atoms with van der Waals surface area (Å²) in [6.07, 6.45) is 1.75. The van der Waals surface area contributed by atoms with Gasteiger partial charge in [0.15, 0.2) is 0 Å². The molecule has 0 aliphatic rings. The molecular formula is C12H14N4. The zero-order valence-corrected chi connectivity index (χ0v) is 9.36. The van der Waals surface area contributed by atoms with Gasteiger partial charge in [0.1, 0.15) is 5.82 Å². The molecule has 4 nitrogen and oxygen atoms in total. The van der Waals surface area contributed by atoms with Gasteiger partial charge in [-0.05, 0) is 18.1 Å². The van der Waals surface area contributed by atoms with Gasteiger partial charge in [-0.25, -0.2) is 4.98 Å². The molecule has 0 atom stereocenters. The normalized spacial score (nSPS) is 10.1. The first-order chi connectivity index (χ1) is 7.72. The van der Waals surface area contributed by atoms with E-state index in [-0.39, 0.29) is 0 Å². The van der Waals surface area contributed by atoms with Crippen LogP contribution in [-0.4, -0.2) is 17.0 Å². The number of nitrogens with zero attached hydrogens (tertiary/aromatic N) is 2. The van der Waals surface area contributed by atoms with Gasteiger partial charge in [0.2, 0.25) is 5.95 Å². The van der Waals surface area contributed by atoms with Crippen molar-refractivity contribution in [1.29, 1.82) is 0 Å². The fraction of sp³-hybridized carbons (Fsp3) is 0.167. The molecule has 2 rings (SSSR count). The monoisotopic (exact) mass is 214 g/mol. The van der Waals surface area contributed by atoms with Crippen molar-refractivity contribution in [2.75, 3.05) is 18.1 Å². The SMILES string of the molecule is CNc1ncc(-c2ccccc2C)c(N)n1. The summed E-state index contributed by atoms with van der Waals surface area (Å²) in [4.78, 5) is 8.34. The minimum Gasteiger partial charge on any atom is -0.383 e. The summed E-state index contributed by atoms with van der Waals surface area (Å²) < 4.78 is 0. The van der Waals surface area contributed by atoms with Crippen molar-refractivity contribution >= 4 is 11.8 Å². The van der Waals surface area contributed by atoms with Crippen LogP contribution in [0.2, 0.25) is 0 Å². The minimum absolute atomic E-state index is 0.494. The Kier molecular flexibility index (Phi) is 2.72. The summed E-state index contributed by atoms with van der Waals surface area (Å²) in [5, 5.41) is 2.86. The van der Waals surface area contributed by atoms with Gasteiger partial charge in [-0.2, -0.15) is 4.98 Å². The third kappa shape index (κ3) is 1.82. The minimum atomic E-state index is 0.494. The highest BCUT2D eigenvalue weighted by molar-refractivity contribution is 5.75. The lowest BCUT2D eigenvalue weighted by molar-refractivity contribution is 1.16. The van der Waals surface area contributed by atoms with Gasteiger partial charge in [-0.15, -0.1) is 0 Å². The van der Waals surface area contributed by atoms with Crippen LogP contribution < -0.4 is 11.1 Å². The predicted molar refractivity (Wildman–Crippen MR) is 66.2 cm³/mol. The Balaban J connectivity index is 2.53. The molecule has 2 aromatic rings. The Hall–Kier alpha value is -2.10. The topological polar surface area (TPSA) is 63.8 Å². The van der Waals surface area contributed by atoms with Crippen LogP contribution in [0.4, 0.5) is 11.8 Å². The maximum atomic E-state index is 5.91. The van der Waals surface area contributed by atoms with Crippen molar-refractivity contribution < 1.29 is 0 Å². The third-order valence-electron chi connectivity index (χ3n) is 2.48. The average molecular weight is 214 g/mol. The molecule has 0 spiro atoms. The number of aromatic nitrogens is 2. The first kappa shape index (κ1) is 10.4. The van der Waals surface area contributed by atoms with Crippen molar-refractivity contribution in [3.8, 4) is 11.1 Å². The van der Waals surface area contributed by atoms with Gasteiger partial charge in [0, 0.05) is 18.8 Å². The fourth-order valence-electron chi connectivity index (χ4n) is 1.60. The molecule has 0 aliphatic heterocycles. The first-order valence-corrected chi connectivity index (χ1v) is 5.08. The Morgan fingerprint density at radius 3 is 2.56 bits per heavy atom. The van der Waals surface area contributed by atoms with Crippen LogP contribution in [0.1, 0.15) is 5.56 Å². The zero-order valence-electron chi connectivity index (χ0n) is 9.36. The largest absolute Gasteiger partial charge is 0.383 e. The molecule has 0 saturated heterocycles. The molecule has 1 aromatic heterocycles. The molecule has 0 fully saturated rings. The van der Waals surface area contributed by atoms with Crippen LogP contribution in [0.3, 0.4) is 0 Å². The van der Waals surface area contributed by atoms with Gasteiger partial charge in [-0.3, -0.25) is 0 Å². The molecule has 4 heteroatoms. The summed E-state index contributed by atoms with van der Waals surface area (Å²) in [5.41, 5.74) is 9.01. The predicted octanol–water partition coefficient (Wildman–Crippen LogP) is 2.08. The van der Waals surface area contributed by atoms with E-state index in [4.69, 9.17) is 5.73 Å². The number of rotatable bonds is 2. The molecule has 0 aliphatic carbocycles. The quantitative estimate of drug-likeness (QED) is 0.803. The second-order valence-corrected chi connectivity index (χ2v) is 3.56. The zero-order chi connectivity index (χ0) is 11.5. The van der Waals surface area contributed by atoms with Gasteiger partial charge in [0.25, 0.3) is 0 Å². The molecule has 0 saturated carbocycles. The van der Waals surface area contributed by atoms with Gasteiger partial charge >= 0.3 is 0 Å². The number of nitrogens with two attached hydrogens (primary N) is 1. The molecule has 0 unspecified atom stereocenters. The lowest BCUT2D eigenvalue weighted by Crippen LogP contribution is -2.02. The molecular weight excluding hydrogens is 200 g/mol. The Bertz CT molecular complexity index is 508. The van der Waals surface area contributed by atoms with Crippen molar-refractivity contribution in [2.45, 2.75) is 6.92 Å². The number of hydrogen-bond donors (Lipinski definition) is 2. The number of hydrogen-bond acceptors (Lipinski definition) is 4. The van der Waals surface area contributed by atoms with Crippen molar-refractivity contribution in [1.82, 2.24) is 9.97 Å². The second-order valence-electron chi connectivity index (χ2n) is 3.56. The average Bonchev–Trinajstić information content (AvgIpc) is 2.30. The Morgan fingerprint density at radius 1 is 1.19 bits per heavy atom. The fourth-order valence-corrected chi connectivity index (χ4v) is 1.60. The van der Waals surface area contributed by atoms with Gasteiger partial charge in [0.05, 0.1) is 0 Å². The third-order valence-corrected chi connectivity index (χ3v) is 2.48. The van der Waals surface area contributed by atoms with E-state index in [9.17, 15) is 0 Å². The smallest absolute Gasteiger partial charge is 0.224 e. The maximum Gasteiger partial charge on any atom is 0.224 e. The van der Waals surface area contributed by atoms with E-state index in [0.29, 0.717) is 11.8 Å². The van der Waals surface area contributed by atoms with E-state index in [1.807, 2.05) is 31.2 Å². The molecule has 0 radical (unpaired) electrons. The van der Waals surface area contributed by atoms with Crippen LogP contribution in [-0.2, 0) is 0 Å². The first-order valence-electron chi connectivity index (χ1n) is 5.08. The molecule has 16 heavy (non-hydrogen) atoms. The van der Waals surface area contributed by atoms with E-state index in [1.54, 1.807) is 13.2 Å². The number of benzene rings is 1. The number of nitrogen functional groups attached to an aromatic ring is 1. The summed E-state index contributed by atoms with van der Waals surface area (Å²) in [6.45, 7) is 2.04. The summed E-state index contributed by atoms with van der Waals surface area (Å²) in [5.74, 6) is 1.03. The van der Waals surface area contributed by atoms with Crippen LogP contribution in [0.5, 0.6) is 0 Å². The van der Waals surface area contributed by atoms with Crippen LogP contribution >= 0.6 is 0 Å². The Labute approximate surface area is 94.5 Å². The Morgan fingerprint density at radius 2 is 1.94 bits per heavy atom. The maximum absolute atomic E-state index is 5.91. The van der Waals surface area contributed by atoms with Crippen molar-refractivity contribution in [2.24, 2.45) is 0 Å². The lowest BCUT2D eigenvalue weighted by atomic mass is 10.0. The highest BCUT2D eigenvalue weighted by Gasteiger charge is 2.07. The van der Waals surface area contributed by atoms with E-state index in [2.05, 4.69) is 15.3 Å². The molecule has 3 N–H and O–H groups in total. The van der Waals surface area contributed by atoms with Crippen LogP contribution in [0.15, 0.2) is 30.5 Å². The number of aryl methyl sites for hydroxylation is 1. The van der Waals surface area contributed by atoms with Crippen molar-refractivity contribution in [3.05, 3.63) is 36.0 Å². The standard InChI is InChI=1S/C12H14N4/c1-8-5-3-4-6-9(8)10-7-15-12(14-2)16-11(10)13/h3-7H,1-2H3,(H3,13,14,15,16). The van der Waals surface area contributed by atoms with Crippen LogP contribution in [0, 0.1) is 6.92 Å². The summed E-state index contributed by atoms with van der Waals surface area (Å²) in [6, 6.07) is 8.04. The molecule has 82 valence electrons. The molecule has 1 aromatic carbocycles. The highest BCUT2D eigenvalue weighted by atomic mass is 15.1. The van der Waals surface area contributed by atoms with E-state index >= 15 is 0 Å². The van der Waals surface area contributed by atoms with Crippen LogP contribution in [0.25, 0.3) is 11.1 Å². The summed E-state index contributed by atoms with van der Waals surface area (Å²) in [7, 11) is 1.77. The van der Waals surface area contributed by atoms with Gasteiger partial charge in [-0.1, -0.05) is 24.3 Å². The highest BCUT2D eigenvalue weighted by Crippen LogP contribution is 2.26. The number of anilines is 2. The lowest BCUT2D eigenvalue weighted by Gasteiger charge is -2.08. The van der Waals surface area contributed by atoms with E-state index < -0.39 is 0 Å². The second kappa shape index (κ2) is 4.18. The van der Waals surface area contributed by atoms with E-state index in [1.165, 1.54) is 0 Å². The number of nitrogens with one attached hydrogen (secondary N) is 1. The van der Waals surface area contributed by atoms with E-state index in [0.717, 1.165) is 16.7 Å². The van der Waals surface area contributed by atoms with Gasteiger partial charge < -0.3 is 11.1 Å².